The van der Waals surface area contributed by atoms with Gasteiger partial charge in [-0.1, -0.05) is 30.3 Å². The zero-order valence-electron chi connectivity index (χ0n) is 14.9. The second kappa shape index (κ2) is 8.14. The van der Waals surface area contributed by atoms with Crippen molar-refractivity contribution in [3.63, 3.8) is 0 Å². The van der Waals surface area contributed by atoms with Crippen LogP contribution in [0.4, 0.5) is 5.82 Å². The summed E-state index contributed by atoms with van der Waals surface area (Å²) in [6.45, 7) is 2.84. The molecule has 1 atom stereocenters. The van der Waals surface area contributed by atoms with Crippen LogP contribution in [0.1, 0.15) is 30.5 Å². The van der Waals surface area contributed by atoms with Gasteiger partial charge in [0.2, 0.25) is 5.91 Å². The van der Waals surface area contributed by atoms with E-state index in [0.29, 0.717) is 25.3 Å². The van der Waals surface area contributed by atoms with Gasteiger partial charge >= 0.3 is 0 Å². The highest BCUT2D eigenvalue weighted by atomic mass is 16.3. The summed E-state index contributed by atoms with van der Waals surface area (Å²) in [7, 11) is 0. The van der Waals surface area contributed by atoms with Crippen molar-refractivity contribution in [2.24, 2.45) is 0 Å². The number of benzene rings is 1. The Labute approximate surface area is 152 Å². The fourth-order valence-electron chi connectivity index (χ4n) is 3.12. The first-order chi connectivity index (χ1) is 12.5. The third-order valence-corrected chi connectivity index (χ3v) is 4.43. The van der Waals surface area contributed by atoms with Crippen LogP contribution in [0.25, 0.3) is 0 Å². The molecule has 0 radical (unpaired) electrons. The number of aliphatic hydroxyl groups excluding tert-OH is 1. The number of aromatic nitrogens is 2. The van der Waals surface area contributed by atoms with Gasteiger partial charge in [-0.3, -0.25) is 9.59 Å². The van der Waals surface area contributed by atoms with Crippen molar-refractivity contribution >= 4 is 17.6 Å². The summed E-state index contributed by atoms with van der Waals surface area (Å²) in [4.78, 5) is 26.0. The van der Waals surface area contributed by atoms with Crippen molar-refractivity contribution < 1.29 is 14.7 Å². The Bertz CT molecular complexity index is 772. The maximum absolute atomic E-state index is 12.4. The van der Waals surface area contributed by atoms with Crippen molar-refractivity contribution in [2.45, 2.75) is 38.8 Å². The summed E-state index contributed by atoms with van der Waals surface area (Å²) in [5, 5.41) is 17.1. The van der Waals surface area contributed by atoms with E-state index in [-0.39, 0.29) is 18.4 Å². The average molecular weight is 356 g/mol. The number of amides is 2. The third kappa shape index (κ3) is 4.49. The van der Waals surface area contributed by atoms with Crippen LogP contribution >= 0.6 is 0 Å². The smallest absolute Gasteiger partial charge is 0.251 e. The molecule has 0 saturated carbocycles. The summed E-state index contributed by atoms with van der Waals surface area (Å²) >= 11 is 0. The summed E-state index contributed by atoms with van der Waals surface area (Å²) in [6.07, 6.45) is 1.03. The van der Waals surface area contributed by atoms with Crippen molar-refractivity contribution in [1.82, 2.24) is 14.7 Å². The van der Waals surface area contributed by atoms with Gasteiger partial charge in [0.1, 0.15) is 11.9 Å². The van der Waals surface area contributed by atoms with E-state index >= 15 is 0 Å². The number of carbonyl (C=O) groups is 2. The fraction of sp³-hybridized carbons (Fsp3) is 0.421. The minimum Gasteiger partial charge on any atom is -0.383 e. The van der Waals surface area contributed by atoms with Gasteiger partial charge in [-0.15, -0.1) is 0 Å². The molecule has 1 fully saturated rings. The molecular formula is C19H24N4O3. The minimum atomic E-state index is -1.00. The monoisotopic (exact) mass is 356 g/mol. The molecule has 0 bridgehead atoms. The molecule has 2 heterocycles. The van der Waals surface area contributed by atoms with Crippen molar-refractivity contribution in [1.29, 1.82) is 0 Å². The Morgan fingerprint density at radius 1 is 1.31 bits per heavy atom. The normalized spacial score (nSPS) is 17.8. The highest BCUT2D eigenvalue weighted by Gasteiger charge is 2.26. The Morgan fingerprint density at radius 2 is 2.08 bits per heavy atom. The first-order valence-corrected chi connectivity index (χ1v) is 8.88. The van der Waals surface area contributed by atoms with Gasteiger partial charge in [0.05, 0.1) is 18.8 Å². The molecule has 2 aromatic rings. The maximum Gasteiger partial charge on any atom is 0.251 e. The zero-order chi connectivity index (χ0) is 18.5. The second-order valence-electron chi connectivity index (χ2n) is 6.63. The molecule has 0 aliphatic carbocycles. The molecule has 0 spiro atoms. The number of aliphatic hydroxyl groups is 1. The number of rotatable bonds is 5. The Kier molecular flexibility index (Phi) is 5.68. The van der Waals surface area contributed by atoms with Gasteiger partial charge in [0.15, 0.2) is 0 Å². The van der Waals surface area contributed by atoms with Crippen molar-refractivity contribution in [2.75, 3.05) is 18.4 Å². The maximum atomic E-state index is 12.4. The lowest BCUT2D eigenvalue weighted by molar-refractivity contribution is -0.141. The number of aryl methyl sites for hydroxylation is 1. The molecule has 2 amide bonds. The number of hydrogen-bond acceptors (Lipinski definition) is 4. The SMILES string of the molecule is Cc1cc(NC(=O)CN2CCCCC(O)C2=O)n(Cc2ccccc2)n1. The lowest BCUT2D eigenvalue weighted by Crippen LogP contribution is -2.42. The molecule has 1 saturated heterocycles. The molecule has 7 heteroatoms. The van der Waals surface area contributed by atoms with Gasteiger partial charge in [-0.05, 0) is 31.7 Å². The number of nitrogens with one attached hydrogen (secondary N) is 1. The molecule has 1 aromatic carbocycles. The largest absolute Gasteiger partial charge is 0.383 e. The van der Waals surface area contributed by atoms with Crippen LogP contribution in [0, 0.1) is 6.92 Å². The zero-order valence-corrected chi connectivity index (χ0v) is 14.9. The van der Waals surface area contributed by atoms with Crippen LogP contribution in [0.3, 0.4) is 0 Å². The molecule has 7 nitrogen and oxygen atoms in total. The fourth-order valence-corrected chi connectivity index (χ4v) is 3.12. The molecule has 1 aliphatic rings. The van der Waals surface area contributed by atoms with Crippen LogP contribution in [-0.2, 0) is 16.1 Å². The van der Waals surface area contributed by atoms with Gasteiger partial charge in [0.25, 0.3) is 5.91 Å². The number of hydrogen-bond donors (Lipinski definition) is 2. The lowest BCUT2D eigenvalue weighted by Gasteiger charge is -2.21. The predicted molar refractivity (Wildman–Crippen MR) is 97.6 cm³/mol. The second-order valence-corrected chi connectivity index (χ2v) is 6.63. The molecular weight excluding hydrogens is 332 g/mol. The summed E-state index contributed by atoms with van der Waals surface area (Å²) < 4.78 is 1.74. The van der Waals surface area contributed by atoms with E-state index in [1.807, 2.05) is 37.3 Å². The first-order valence-electron chi connectivity index (χ1n) is 8.88. The summed E-state index contributed by atoms with van der Waals surface area (Å²) in [6, 6.07) is 11.7. The summed E-state index contributed by atoms with van der Waals surface area (Å²) in [5.41, 5.74) is 1.88. The van der Waals surface area contributed by atoms with Crippen molar-refractivity contribution in [3.8, 4) is 0 Å². The quantitative estimate of drug-likeness (QED) is 0.851. The number of likely N-dealkylation sites (tertiary alicyclic amines) is 1. The Hall–Kier alpha value is -2.67. The number of nitrogens with zero attached hydrogens (tertiary/aromatic N) is 3. The molecule has 2 N–H and O–H groups in total. The summed E-state index contributed by atoms with van der Waals surface area (Å²) in [5.74, 6) is -0.0625. The lowest BCUT2D eigenvalue weighted by atomic mass is 10.2. The first kappa shape index (κ1) is 18.1. The standard InChI is InChI=1S/C19H24N4O3/c1-14-11-17(23(21-14)12-15-7-3-2-4-8-15)20-18(25)13-22-10-6-5-9-16(24)19(22)26/h2-4,7-8,11,16,24H,5-6,9-10,12-13H2,1H3,(H,20,25). The van der Waals surface area contributed by atoms with E-state index in [0.717, 1.165) is 24.1 Å². The molecule has 1 aliphatic heterocycles. The van der Waals surface area contributed by atoms with Crippen LogP contribution in [0.15, 0.2) is 36.4 Å². The molecule has 138 valence electrons. The van der Waals surface area contributed by atoms with Crippen LogP contribution in [-0.4, -0.2) is 50.8 Å². The van der Waals surface area contributed by atoms with E-state index in [1.54, 1.807) is 10.7 Å². The highest BCUT2D eigenvalue weighted by molar-refractivity contribution is 5.94. The minimum absolute atomic E-state index is 0.0640. The Balaban J connectivity index is 1.66. The molecule has 3 rings (SSSR count). The van der Waals surface area contributed by atoms with E-state index in [1.165, 1.54) is 4.90 Å². The van der Waals surface area contributed by atoms with Crippen LogP contribution in [0.5, 0.6) is 0 Å². The van der Waals surface area contributed by atoms with Crippen LogP contribution in [0.2, 0.25) is 0 Å². The van der Waals surface area contributed by atoms with Gasteiger partial charge < -0.3 is 15.3 Å². The molecule has 1 unspecified atom stereocenters. The van der Waals surface area contributed by atoms with Gasteiger partial charge in [-0.25, -0.2) is 4.68 Å². The average Bonchev–Trinajstić information content (AvgIpc) is 2.87. The predicted octanol–water partition coefficient (Wildman–Crippen LogP) is 1.55. The van der Waals surface area contributed by atoms with E-state index < -0.39 is 6.10 Å². The van der Waals surface area contributed by atoms with E-state index in [9.17, 15) is 14.7 Å². The van der Waals surface area contributed by atoms with Crippen molar-refractivity contribution in [3.05, 3.63) is 47.7 Å². The Morgan fingerprint density at radius 3 is 2.85 bits per heavy atom. The highest BCUT2D eigenvalue weighted by Crippen LogP contribution is 2.15. The topological polar surface area (TPSA) is 87.5 Å². The molecule has 26 heavy (non-hydrogen) atoms. The molecule has 1 aromatic heterocycles. The van der Waals surface area contributed by atoms with Crippen LogP contribution < -0.4 is 5.32 Å². The van der Waals surface area contributed by atoms with E-state index in [2.05, 4.69) is 10.4 Å². The van der Waals surface area contributed by atoms with E-state index in [4.69, 9.17) is 0 Å². The number of carbonyl (C=O) groups excluding carboxylic acids is 2. The number of anilines is 1. The van der Waals surface area contributed by atoms with Gasteiger partial charge in [0, 0.05) is 12.6 Å². The van der Waals surface area contributed by atoms with Gasteiger partial charge in [-0.2, -0.15) is 5.10 Å². The third-order valence-electron chi connectivity index (χ3n) is 4.43.